The number of aromatic nitrogens is 4. The lowest BCUT2D eigenvalue weighted by Crippen LogP contribution is -2.43. The van der Waals surface area contributed by atoms with Crippen LogP contribution in [0.5, 0.6) is 0 Å². The molecule has 2 fully saturated rings. The minimum Gasteiger partial charge on any atom is -0.389 e. The van der Waals surface area contributed by atoms with Gasteiger partial charge in [0.25, 0.3) is 0 Å². The van der Waals surface area contributed by atoms with E-state index in [-0.39, 0.29) is 11.3 Å². The minimum atomic E-state index is -3.11. The van der Waals surface area contributed by atoms with Gasteiger partial charge in [-0.2, -0.15) is 5.10 Å². The molecule has 2 N–H and O–H groups in total. The Hall–Kier alpha value is -1.75. The van der Waals surface area contributed by atoms with E-state index in [1.807, 2.05) is 0 Å². The highest BCUT2D eigenvalue weighted by atomic mass is 35.5. The molecule has 3 heterocycles. The number of nitrogens with zero attached hydrogens (tertiary/aromatic N) is 5. The van der Waals surface area contributed by atoms with Gasteiger partial charge < -0.3 is 10.4 Å². The standard InChI is InChI=1S/C19H27ClN6O3S/c1-19(2,27)12-25-11-13(9-22-25)17-16(20)10-21-18(24-17)23-14-5-7-26(8-6-14)30(28,29)15-3-4-15/h9-11,14-15,27H,3-8,12H2,1-2H3,(H,21,23,24). The summed E-state index contributed by atoms with van der Waals surface area (Å²) >= 11 is 6.31. The van der Waals surface area contributed by atoms with Crippen LogP contribution in [0.15, 0.2) is 18.6 Å². The summed E-state index contributed by atoms with van der Waals surface area (Å²) in [5, 5.41) is 17.8. The molecule has 2 aromatic heterocycles. The summed E-state index contributed by atoms with van der Waals surface area (Å²) in [6, 6.07) is 0.0996. The summed E-state index contributed by atoms with van der Waals surface area (Å²) in [6.45, 7) is 4.81. The average molecular weight is 455 g/mol. The van der Waals surface area contributed by atoms with Crippen LogP contribution in [-0.2, 0) is 16.6 Å². The zero-order valence-corrected chi connectivity index (χ0v) is 18.7. The summed E-state index contributed by atoms with van der Waals surface area (Å²) in [5.41, 5.74) is 0.415. The fourth-order valence-corrected chi connectivity index (χ4v) is 5.70. The Kier molecular flexibility index (Phi) is 5.78. The van der Waals surface area contributed by atoms with Gasteiger partial charge >= 0.3 is 0 Å². The number of hydrogen-bond acceptors (Lipinski definition) is 7. The van der Waals surface area contributed by atoms with Crippen molar-refractivity contribution in [3.63, 3.8) is 0 Å². The van der Waals surface area contributed by atoms with E-state index in [2.05, 4.69) is 20.4 Å². The molecule has 4 rings (SSSR count). The molecule has 1 aliphatic carbocycles. The second-order valence-electron chi connectivity index (χ2n) is 8.69. The van der Waals surface area contributed by atoms with Crippen LogP contribution >= 0.6 is 11.6 Å². The average Bonchev–Trinajstić information content (AvgIpc) is 3.44. The first-order chi connectivity index (χ1) is 14.1. The Bertz CT molecular complexity index is 1010. The smallest absolute Gasteiger partial charge is 0.223 e. The molecular formula is C19H27ClN6O3S. The van der Waals surface area contributed by atoms with Gasteiger partial charge in [-0.1, -0.05) is 11.6 Å². The molecule has 0 unspecified atom stereocenters. The van der Waals surface area contributed by atoms with E-state index in [1.54, 1.807) is 41.4 Å². The second kappa shape index (κ2) is 8.07. The van der Waals surface area contributed by atoms with Crippen LogP contribution in [0.2, 0.25) is 5.02 Å². The van der Waals surface area contributed by atoms with Crippen molar-refractivity contribution in [3.05, 3.63) is 23.6 Å². The fraction of sp³-hybridized carbons (Fsp3) is 0.632. The topological polar surface area (TPSA) is 113 Å². The highest BCUT2D eigenvalue weighted by molar-refractivity contribution is 7.90. The highest BCUT2D eigenvalue weighted by Crippen LogP contribution is 2.33. The monoisotopic (exact) mass is 454 g/mol. The first-order valence-electron chi connectivity index (χ1n) is 10.1. The van der Waals surface area contributed by atoms with Crippen LogP contribution < -0.4 is 5.32 Å². The number of hydrogen-bond donors (Lipinski definition) is 2. The van der Waals surface area contributed by atoms with Crippen LogP contribution in [0.1, 0.15) is 39.5 Å². The third-order valence-corrected chi connectivity index (χ3v) is 7.97. The molecule has 0 atom stereocenters. The number of halogens is 1. The third kappa shape index (κ3) is 4.93. The fourth-order valence-electron chi connectivity index (χ4n) is 3.62. The van der Waals surface area contributed by atoms with E-state index in [1.165, 1.54) is 0 Å². The van der Waals surface area contributed by atoms with Gasteiger partial charge in [-0.3, -0.25) is 4.68 Å². The molecule has 30 heavy (non-hydrogen) atoms. The van der Waals surface area contributed by atoms with E-state index in [0.29, 0.717) is 49.1 Å². The molecule has 2 aromatic rings. The molecule has 0 spiro atoms. The predicted octanol–water partition coefficient (Wildman–Crippen LogP) is 2.13. The molecule has 1 saturated heterocycles. The number of sulfonamides is 1. The predicted molar refractivity (Wildman–Crippen MR) is 115 cm³/mol. The molecule has 1 aliphatic heterocycles. The summed E-state index contributed by atoms with van der Waals surface area (Å²) in [7, 11) is -3.11. The summed E-state index contributed by atoms with van der Waals surface area (Å²) in [5.74, 6) is 0.452. The van der Waals surface area contributed by atoms with E-state index in [9.17, 15) is 13.5 Å². The van der Waals surface area contributed by atoms with Crippen LogP contribution in [0.25, 0.3) is 11.3 Å². The van der Waals surface area contributed by atoms with E-state index in [4.69, 9.17) is 11.6 Å². The summed E-state index contributed by atoms with van der Waals surface area (Å²) in [6.07, 6.45) is 7.98. The molecule has 11 heteroatoms. The lowest BCUT2D eigenvalue weighted by molar-refractivity contribution is 0.0577. The maximum atomic E-state index is 12.4. The zero-order valence-electron chi connectivity index (χ0n) is 17.1. The van der Waals surface area contributed by atoms with E-state index in [0.717, 1.165) is 18.4 Å². The number of nitrogens with one attached hydrogen (secondary N) is 1. The van der Waals surface area contributed by atoms with Gasteiger partial charge in [0.05, 0.1) is 40.5 Å². The van der Waals surface area contributed by atoms with Crippen molar-refractivity contribution in [2.75, 3.05) is 18.4 Å². The second-order valence-corrected chi connectivity index (χ2v) is 11.3. The molecule has 164 valence electrons. The molecular weight excluding hydrogens is 428 g/mol. The Morgan fingerprint density at radius 2 is 1.93 bits per heavy atom. The van der Waals surface area contributed by atoms with Gasteiger partial charge in [-0.25, -0.2) is 22.7 Å². The molecule has 0 radical (unpaired) electrons. The van der Waals surface area contributed by atoms with Crippen molar-refractivity contribution in [1.29, 1.82) is 0 Å². The van der Waals surface area contributed by atoms with Crippen molar-refractivity contribution in [3.8, 4) is 11.3 Å². The number of rotatable bonds is 7. The lowest BCUT2D eigenvalue weighted by atomic mass is 10.1. The van der Waals surface area contributed by atoms with Gasteiger partial charge in [0.2, 0.25) is 16.0 Å². The normalized spacial score (nSPS) is 19.2. The Morgan fingerprint density at radius 1 is 1.23 bits per heavy atom. The van der Waals surface area contributed by atoms with Crippen LogP contribution in [0, 0.1) is 0 Å². The molecule has 1 saturated carbocycles. The molecule has 0 amide bonds. The van der Waals surface area contributed by atoms with Crippen molar-refractivity contribution in [2.45, 2.75) is 63.0 Å². The zero-order chi connectivity index (χ0) is 21.5. The van der Waals surface area contributed by atoms with Crippen LogP contribution in [0.3, 0.4) is 0 Å². The number of aliphatic hydroxyl groups is 1. The van der Waals surface area contributed by atoms with E-state index < -0.39 is 15.6 Å². The number of anilines is 1. The summed E-state index contributed by atoms with van der Waals surface area (Å²) < 4.78 is 28.0. The largest absolute Gasteiger partial charge is 0.389 e. The molecule has 0 bridgehead atoms. The van der Waals surface area contributed by atoms with Gasteiger partial charge in [-0.15, -0.1) is 0 Å². The first kappa shape index (κ1) is 21.5. The maximum absolute atomic E-state index is 12.4. The third-order valence-electron chi connectivity index (χ3n) is 5.29. The Balaban J connectivity index is 1.42. The molecule has 2 aliphatic rings. The van der Waals surface area contributed by atoms with Crippen molar-refractivity contribution in [1.82, 2.24) is 24.1 Å². The minimum absolute atomic E-state index is 0.0996. The first-order valence-corrected chi connectivity index (χ1v) is 12.0. The lowest BCUT2D eigenvalue weighted by Gasteiger charge is -2.31. The number of piperidine rings is 1. The molecule has 0 aromatic carbocycles. The Morgan fingerprint density at radius 3 is 2.57 bits per heavy atom. The highest BCUT2D eigenvalue weighted by Gasteiger charge is 2.41. The summed E-state index contributed by atoms with van der Waals surface area (Å²) in [4.78, 5) is 8.83. The maximum Gasteiger partial charge on any atom is 0.223 e. The molecule has 9 nitrogen and oxygen atoms in total. The Labute approximate surface area is 181 Å². The quantitative estimate of drug-likeness (QED) is 0.658. The SMILES string of the molecule is CC(C)(O)Cn1cc(-c2nc(NC3CCN(S(=O)(=O)C4CC4)CC3)ncc2Cl)cn1. The van der Waals surface area contributed by atoms with Gasteiger partial charge in [0, 0.05) is 30.9 Å². The van der Waals surface area contributed by atoms with Crippen molar-refractivity contribution < 1.29 is 13.5 Å². The van der Waals surface area contributed by atoms with Gasteiger partial charge in [0.1, 0.15) is 0 Å². The van der Waals surface area contributed by atoms with Crippen LogP contribution in [-0.4, -0.2) is 67.6 Å². The van der Waals surface area contributed by atoms with E-state index >= 15 is 0 Å². The van der Waals surface area contributed by atoms with Crippen LogP contribution in [0.4, 0.5) is 5.95 Å². The van der Waals surface area contributed by atoms with Crippen molar-refractivity contribution >= 4 is 27.6 Å². The van der Waals surface area contributed by atoms with Gasteiger partial charge in [0.15, 0.2) is 0 Å². The van der Waals surface area contributed by atoms with Gasteiger partial charge in [-0.05, 0) is 39.5 Å². The van der Waals surface area contributed by atoms with Crippen molar-refractivity contribution in [2.24, 2.45) is 0 Å².